The van der Waals surface area contributed by atoms with Crippen molar-refractivity contribution in [2.24, 2.45) is 0 Å². The fraction of sp³-hybridized carbons (Fsp3) is 0.308. The number of imidazole rings is 1. The van der Waals surface area contributed by atoms with Gasteiger partial charge in [-0.15, -0.1) is 0 Å². The second kappa shape index (κ2) is 8.65. The van der Waals surface area contributed by atoms with Gasteiger partial charge in [0.15, 0.2) is 0 Å². The summed E-state index contributed by atoms with van der Waals surface area (Å²) in [5.41, 5.74) is 6.08. The number of nitrogens with zero attached hydrogens (tertiary/aromatic N) is 3. The fourth-order valence-electron chi connectivity index (χ4n) is 5.16. The van der Waals surface area contributed by atoms with Gasteiger partial charge in [-0.3, -0.25) is 4.98 Å². The Balaban J connectivity index is 1.52. The monoisotopic (exact) mass is 477 g/mol. The number of halogens is 2. The van der Waals surface area contributed by atoms with Gasteiger partial charge >= 0.3 is 0 Å². The zero-order valence-corrected chi connectivity index (χ0v) is 19.6. The number of pyridine rings is 1. The van der Waals surface area contributed by atoms with Crippen LogP contribution in [0.15, 0.2) is 48.8 Å². The number of fused-ring (bicyclic) bond motifs is 2. The van der Waals surface area contributed by atoms with Crippen molar-refractivity contribution in [3.8, 4) is 22.5 Å². The van der Waals surface area contributed by atoms with Crippen LogP contribution in [0.5, 0.6) is 0 Å². The molecule has 0 radical (unpaired) electrons. The number of benzene rings is 2. The van der Waals surface area contributed by atoms with E-state index in [1.54, 1.807) is 6.07 Å². The minimum Gasteiger partial charge on any atom is -0.373 e. The van der Waals surface area contributed by atoms with Gasteiger partial charge in [0.05, 0.1) is 35.0 Å². The highest BCUT2D eigenvalue weighted by Gasteiger charge is 2.34. The normalized spacial score (nSPS) is 20.5. The highest BCUT2D eigenvalue weighted by molar-refractivity contribution is 6.31. The number of anilines is 1. The molecule has 174 valence electrons. The molecule has 0 aliphatic carbocycles. The molecule has 2 aliphatic heterocycles. The van der Waals surface area contributed by atoms with E-state index in [1.165, 1.54) is 6.07 Å². The topological polar surface area (TPSA) is 66.1 Å². The maximum atomic E-state index is 14.4. The van der Waals surface area contributed by atoms with Crippen molar-refractivity contribution in [3.05, 3.63) is 65.2 Å². The first-order valence-electron chi connectivity index (χ1n) is 11.6. The van der Waals surface area contributed by atoms with Crippen LogP contribution >= 0.6 is 11.6 Å². The zero-order valence-electron chi connectivity index (χ0n) is 18.8. The summed E-state index contributed by atoms with van der Waals surface area (Å²) < 4.78 is 20.5. The quantitative estimate of drug-likeness (QED) is 0.436. The molecule has 2 aliphatic rings. The van der Waals surface area contributed by atoms with Gasteiger partial charge in [-0.1, -0.05) is 17.7 Å². The number of H-pyrrole nitrogens is 1. The molecule has 6 rings (SSSR count). The second-order valence-corrected chi connectivity index (χ2v) is 9.49. The molecular formula is C26H25ClFN5O. The Kier molecular flexibility index (Phi) is 5.48. The lowest BCUT2D eigenvalue weighted by atomic mass is 9.95. The van der Waals surface area contributed by atoms with Gasteiger partial charge in [0.1, 0.15) is 11.6 Å². The maximum Gasteiger partial charge on any atom is 0.142 e. The number of ether oxygens (including phenoxy) is 1. The van der Waals surface area contributed by atoms with Gasteiger partial charge in [-0.05, 0) is 54.8 Å². The minimum atomic E-state index is -0.261. The van der Waals surface area contributed by atoms with Crippen LogP contribution in [0.25, 0.3) is 33.5 Å². The van der Waals surface area contributed by atoms with Crippen molar-refractivity contribution in [3.63, 3.8) is 0 Å². The summed E-state index contributed by atoms with van der Waals surface area (Å²) in [4.78, 5) is 15.1. The number of hydrogen-bond donors (Lipinski definition) is 2. The molecule has 0 bridgehead atoms. The maximum absolute atomic E-state index is 14.4. The van der Waals surface area contributed by atoms with Crippen LogP contribution in [0.4, 0.5) is 10.1 Å². The number of aromatic nitrogens is 3. The molecule has 2 fully saturated rings. The summed E-state index contributed by atoms with van der Waals surface area (Å²) >= 11 is 6.20. The van der Waals surface area contributed by atoms with Gasteiger partial charge in [-0.25, -0.2) is 9.37 Å². The summed E-state index contributed by atoms with van der Waals surface area (Å²) in [6, 6.07) is 11.1. The van der Waals surface area contributed by atoms with E-state index in [1.807, 2.05) is 43.6 Å². The van der Waals surface area contributed by atoms with Crippen molar-refractivity contribution < 1.29 is 9.13 Å². The van der Waals surface area contributed by atoms with E-state index in [-0.39, 0.29) is 11.9 Å². The average Bonchev–Trinajstić information content (AvgIpc) is 3.26. The third kappa shape index (κ3) is 3.94. The second-order valence-electron chi connectivity index (χ2n) is 9.05. The fourth-order valence-corrected chi connectivity index (χ4v) is 5.33. The van der Waals surface area contributed by atoms with Crippen LogP contribution in [0.1, 0.15) is 12.0 Å². The number of hydrogen-bond acceptors (Lipinski definition) is 5. The number of rotatable bonds is 3. The number of nitrogens with one attached hydrogen (secondary N) is 2. The predicted octanol–water partition coefficient (Wildman–Crippen LogP) is 4.96. The Hall–Kier alpha value is -3.00. The van der Waals surface area contributed by atoms with Crippen molar-refractivity contribution in [1.29, 1.82) is 0 Å². The average molecular weight is 478 g/mol. The number of morpholine rings is 1. The zero-order chi connectivity index (χ0) is 23.2. The van der Waals surface area contributed by atoms with Crippen molar-refractivity contribution in [2.45, 2.75) is 25.5 Å². The third-order valence-corrected chi connectivity index (χ3v) is 6.92. The lowest BCUT2D eigenvalue weighted by Gasteiger charge is -2.43. The number of piperidine rings is 1. The largest absolute Gasteiger partial charge is 0.373 e. The van der Waals surface area contributed by atoms with Crippen molar-refractivity contribution >= 4 is 28.3 Å². The Morgan fingerprint density at radius 3 is 2.91 bits per heavy atom. The number of aryl methyl sites for hydroxylation is 1. The van der Waals surface area contributed by atoms with Crippen LogP contribution < -0.4 is 10.2 Å². The Morgan fingerprint density at radius 2 is 2.03 bits per heavy atom. The van der Waals surface area contributed by atoms with Gasteiger partial charge in [0.2, 0.25) is 0 Å². The molecule has 2 N–H and O–H groups in total. The van der Waals surface area contributed by atoms with Gasteiger partial charge in [0.25, 0.3) is 0 Å². The molecule has 8 heteroatoms. The molecule has 2 unspecified atom stereocenters. The molecule has 2 saturated heterocycles. The van der Waals surface area contributed by atoms with Gasteiger partial charge < -0.3 is 19.9 Å². The summed E-state index contributed by atoms with van der Waals surface area (Å²) in [5.74, 6) is 0.447. The Morgan fingerprint density at radius 1 is 1.15 bits per heavy atom. The summed E-state index contributed by atoms with van der Waals surface area (Å²) in [7, 11) is 0. The van der Waals surface area contributed by atoms with Crippen LogP contribution in [0.3, 0.4) is 0 Å². The minimum absolute atomic E-state index is 0.0973. The van der Waals surface area contributed by atoms with Crippen molar-refractivity contribution in [1.82, 2.24) is 20.3 Å². The molecule has 2 atom stereocenters. The van der Waals surface area contributed by atoms with E-state index in [0.717, 1.165) is 65.0 Å². The molecule has 4 aromatic rings. The van der Waals surface area contributed by atoms with Crippen LogP contribution in [-0.2, 0) is 4.74 Å². The van der Waals surface area contributed by atoms with Crippen LogP contribution in [0.2, 0.25) is 5.02 Å². The van der Waals surface area contributed by atoms with E-state index < -0.39 is 0 Å². The lowest BCUT2D eigenvalue weighted by Crippen LogP contribution is -2.57. The molecule has 2 aromatic carbocycles. The van der Waals surface area contributed by atoms with Crippen molar-refractivity contribution in [2.75, 3.05) is 31.1 Å². The standard InChI is InChI=1S/C26H25ClFN5O/c1-15-8-16(10-18(28)9-15)19-12-29-13-20(26-31-21-3-2-17(27)11-23(21)32-26)25(19)33-6-4-22-24(14-33)34-7-5-30-22/h2-3,8-13,22,24,30H,4-7,14H2,1H3,(H,31,32). The van der Waals surface area contributed by atoms with Crippen LogP contribution in [-0.4, -0.2) is 53.3 Å². The van der Waals surface area contributed by atoms with E-state index in [9.17, 15) is 4.39 Å². The molecule has 0 saturated carbocycles. The Labute approximate surface area is 202 Å². The lowest BCUT2D eigenvalue weighted by molar-refractivity contribution is -0.00899. The number of aromatic amines is 1. The highest BCUT2D eigenvalue weighted by atomic mass is 35.5. The molecule has 0 amide bonds. The predicted molar refractivity (Wildman–Crippen MR) is 133 cm³/mol. The first kappa shape index (κ1) is 21.5. The highest BCUT2D eigenvalue weighted by Crippen LogP contribution is 2.40. The van der Waals surface area contributed by atoms with Gasteiger partial charge in [-0.2, -0.15) is 0 Å². The molecule has 0 spiro atoms. The first-order valence-corrected chi connectivity index (χ1v) is 11.9. The van der Waals surface area contributed by atoms with Crippen LogP contribution in [0, 0.1) is 12.7 Å². The third-order valence-electron chi connectivity index (χ3n) is 6.69. The van der Waals surface area contributed by atoms with E-state index in [2.05, 4.69) is 20.2 Å². The SMILES string of the molecule is Cc1cc(F)cc(-c2cncc(-c3nc4ccc(Cl)cc4[nH]3)c2N2CCC3NCCOC3C2)c1. The summed E-state index contributed by atoms with van der Waals surface area (Å²) in [6.45, 7) is 5.08. The summed E-state index contributed by atoms with van der Waals surface area (Å²) in [6.07, 6.45) is 4.71. The van der Waals surface area contributed by atoms with Gasteiger partial charge in [0, 0.05) is 48.7 Å². The first-order chi connectivity index (χ1) is 16.5. The van der Waals surface area contributed by atoms with E-state index in [0.29, 0.717) is 23.5 Å². The smallest absolute Gasteiger partial charge is 0.142 e. The summed E-state index contributed by atoms with van der Waals surface area (Å²) in [5, 5.41) is 4.23. The molecule has 4 heterocycles. The molecular weight excluding hydrogens is 453 g/mol. The molecule has 2 aromatic heterocycles. The van der Waals surface area contributed by atoms with E-state index in [4.69, 9.17) is 21.3 Å². The van der Waals surface area contributed by atoms with E-state index >= 15 is 0 Å². The Bertz CT molecular complexity index is 1350. The molecule has 6 nitrogen and oxygen atoms in total. The molecule has 34 heavy (non-hydrogen) atoms.